The highest BCUT2D eigenvalue weighted by atomic mass is 35.5. The first-order chi connectivity index (χ1) is 8.72. The zero-order valence-corrected chi connectivity index (χ0v) is 12.1. The largest absolute Gasteiger partial charge is 0.338 e. The average Bonchev–Trinajstić information content (AvgIpc) is 2.62. The number of benzene rings is 1. The number of fused-ring (bicyclic) bond motifs is 1. The lowest BCUT2D eigenvalue weighted by atomic mass is 9.99. The highest BCUT2D eigenvalue weighted by molar-refractivity contribution is 5.94. The van der Waals surface area contributed by atoms with Crippen LogP contribution in [0.15, 0.2) is 30.9 Å². The Kier molecular flexibility index (Phi) is 6.06. The van der Waals surface area contributed by atoms with Crippen LogP contribution < -0.4 is 5.32 Å². The van der Waals surface area contributed by atoms with Gasteiger partial charge in [0.05, 0.1) is 0 Å². The van der Waals surface area contributed by atoms with Crippen LogP contribution in [-0.4, -0.2) is 37.5 Å². The summed E-state index contributed by atoms with van der Waals surface area (Å²) < 4.78 is 0. The maximum atomic E-state index is 12.2. The van der Waals surface area contributed by atoms with E-state index in [-0.39, 0.29) is 18.3 Å². The molecule has 0 unspecified atom stereocenters. The van der Waals surface area contributed by atoms with Crippen molar-refractivity contribution in [1.29, 1.82) is 0 Å². The summed E-state index contributed by atoms with van der Waals surface area (Å²) in [5, 5.41) is 3.38. The van der Waals surface area contributed by atoms with E-state index in [1.165, 1.54) is 11.1 Å². The van der Waals surface area contributed by atoms with E-state index in [2.05, 4.69) is 18.0 Å². The van der Waals surface area contributed by atoms with Gasteiger partial charge >= 0.3 is 0 Å². The molecule has 1 aromatic rings. The molecule has 104 valence electrons. The molecule has 0 atom stereocenters. The molecule has 1 aromatic carbocycles. The first kappa shape index (κ1) is 15.7. The predicted molar refractivity (Wildman–Crippen MR) is 81.1 cm³/mol. The SMILES string of the molecule is C=CCN(C)C(=O)c1ccc2c(c1)CCNCC2.Cl. The number of hydrogen-bond acceptors (Lipinski definition) is 2. The summed E-state index contributed by atoms with van der Waals surface area (Å²) in [6.07, 6.45) is 3.79. The average molecular weight is 281 g/mol. The number of likely N-dealkylation sites (N-methyl/N-ethyl adjacent to an activating group) is 1. The van der Waals surface area contributed by atoms with Crippen LogP contribution in [-0.2, 0) is 12.8 Å². The second-order valence-corrected chi connectivity index (χ2v) is 4.71. The molecule has 0 bridgehead atoms. The summed E-state index contributed by atoms with van der Waals surface area (Å²) in [7, 11) is 1.80. The first-order valence-electron chi connectivity index (χ1n) is 6.41. The Hall–Kier alpha value is -1.32. The molecule has 3 nitrogen and oxygen atoms in total. The van der Waals surface area contributed by atoms with Crippen LogP contribution >= 0.6 is 12.4 Å². The molecule has 1 N–H and O–H groups in total. The highest BCUT2D eigenvalue weighted by Crippen LogP contribution is 2.16. The third-order valence-corrected chi connectivity index (χ3v) is 3.35. The quantitative estimate of drug-likeness (QED) is 0.860. The van der Waals surface area contributed by atoms with Crippen LogP contribution in [0.1, 0.15) is 21.5 Å². The van der Waals surface area contributed by atoms with E-state index in [1.54, 1.807) is 18.0 Å². The van der Waals surface area contributed by atoms with Gasteiger partial charge in [-0.15, -0.1) is 19.0 Å². The van der Waals surface area contributed by atoms with Gasteiger partial charge in [0.1, 0.15) is 0 Å². The minimum Gasteiger partial charge on any atom is -0.338 e. The van der Waals surface area contributed by atoms with Crippen molar-refractivity contribution in [3.8, 4) is 0 Å². The molecule has 0 spiro atoms. The van der Waals surface area contributed by atoms with Gasteiger partial charge in [0.15, 0.2) is 0 Å². The van der Waals surface area contributed by atoms with Crippen molar-refractivity contribution in [3.63, 3.8) is 0 Å². The number of halogens is 1. The van der Waals surface area contributed by atoms with Crippen molar-refractivity contribution in [3.05, 3.63) is 47.5 Å². The highest BCUT2D eigenvalue weighted by Gasteiger charge is 2.14. The van der Waals surface area contributed by atoms with E-state index in [1.807, 2.05) is 12.1 Å². The van der Waals surface area contributed by atoms with Crippen molar-refractivity contribution in [2.75, 3.05) is 26.7 Å². The van der Waals surface area contributed by atoms with Crippen molar-refractivity contribution in [2.45, 2.75) is 12.8 Å². The van der Waals surface area contributed by atoms with Crippen LogP contribution in [0.3, 0.4) is 0 Å². The normalized spacial score (nSPS) is 13.7. The fourth-order valence-electron chi connectivity index (χ4n) is 2.30. The van der Waals surface area contributed by atoms with E-state index < -0.39 is 0 Å². The molecule has 1 amide bonds. The molecule has 2 rings (SSSR count). The van der Waals surface area contributed by atoms with Crippen LogP contribution in [0.2, 0.25) is 0 Å². The summed E-state index contributed by atoms with van der Waals surface area (Å²) in [6.45, 7) is 6.26. The fraction of sp³-hybridized carbons (Fsp3) is 0.400. The van der Waals surface area contributed by atoms with Crippen molar-refractivity contribution >= 4 is 18.3 Å². The van der Waals surface area contributed by atoms with E-state index >= 15 is 0 Å². The molecule has 1 heterocycles. The second kappa shape index (κ2) is 7.31. The van der Waals surface area contributed by atoms with Gasteiger partial charge in [-0.2, -0.15) is 0 Å². The Morgan fingerprint density at radius 3 is 2.74 bits per heavy atom. The topological polar surface area (TPSA) is 32.3 Å². The zero-order chi connectivity index (χ0) is 13.0. The Labute approximate surface area is 121 Å². The number of carbonyl (C=O) groups is 1. The van der Waals surface area contributed by atoms with Crippen molar-refractivity contribution < 1.29 is 4.79 Å². The summed E-state index contributed by atoms with van der Waals surface area (Å²) in [6, 6.07) is 6.08. The van der Waals surface area contributed by atoms with Crippen molar-refractivity contribution in [1.82, 2.24) is 10.2 Å². The Bertz CT molecular complexity index is 459. The standard InChI is InChI=1S/C15H20N2O.ClH/c1-3-10-17(2)15(18)14-5-4-12-6-8-16-9-7-13(12)11-14;/h3-5,11,16H,1,6-10H2,2H3;1H. The van der Waals surface area contributed by atoms with Crippen LogP contribution in [0.25, 0.3) is 0 Å². The lowest BCUT2D eigenvalue weighted by molar-refractivity contribution is 0.0810. The zero-order valence-electron chi connectivity index (χ0n) is 11.3. The molecule has 0 saturated carbocycles. The minimum absolute atomic E-state index is 0. The summed E-state index contributed by atoms with van der Waals surface area (Å²) in [5.74, 6) is 0.0647. The molecule has 0 fully saturated rings. The Balaban J connectivity index is 0.00000180. The molecule has 1 aliphatic heterocycles. The third-order valence-electron chi connectivity index (χ3n) is 3.35. The van der Waals surface area contributed by atoms with Gasteiger partial charge in [-0.3, -0.25) is 4.79 Å². The lowest BCUT2D eigenvalue weighted by Gasteiger charge is -2.16. The molecule has 19 heavy (non-hydrogen) atoms. The van der Waals surface area contributed by atoms with Gasteiger partial charge < -0.3 is 10.2 Å². The van der Waals surface area contributed by atoms with E-state index in [4.69, 9.17) is 0 Å². The van der Waals surface area contributed by atoms with Gasteiger partial charge in [-0.25, -0.2) is 0 Å². The molecule has 4 heteroatoms. The maximum absolute atomic E-state index is 12.2. The predicted octanol–water partition coefficient (Wildman–Crippen LogP) is 2.05. The molecule has 0 aromatic heterocycles. The smallest absolute Gasteiger partial charge is 0.253 e. The number of carbonyl (C=O) groups excluding carboxylic acids is 1. The summed E-state index contributed by atoms with van der Waals surface area (Å²) in [4.78, 5) is 13.9. The second-order valence-electron chi connectivity index (χ2n) is 4.71. The molecular weight excluding hydrogens is 260 g/mol. The molecule has 0 radical (unpaired) electrons. The molecule has 0 aliphatic carbocycles. The number of nitrogens with one attached hydrogen (secondary N) is 1. The van der Waals surface area contributed by atoms with Gasteiger partial charge in [0.2, 0.25) is 0 Å². The number of hydrogen-bond donors (Lipinski definition) is 1. The third kappa shape index (κ3) is 3.82. The van der Waals surface area contributed by atoms with Crippen LogP contribution in [0.4, 0.5) is 0 Å². The number of rotatable bonds is 3. The Morgan fingerprint density at radius 2 is 2.05 bits per heavy atom. The van der Waals surface area contributed by atoms with E-state index in [0.29, 0.717) is 6.54 Å². The summed E-state index contributed by atoms with van der Waals surface area (Å²) >= 11 is 0. The van der Waals surface area contributed by atoms with E-state index in [9.17, 15) is 4.79 Å². The fourth-order valence-corrected chi connectivity index (χ4v) is 2.30. The van der Waals surface area contributed by atoms with Gasteiger partial charge in [-0.05, 0) is 49.2 Å². The van der Waals surface area contributed by atoms with Gasteiger partial charge in [0, 0.05) is 19.2 Å². The number of amides is 1. The monoisotopic (exact) mass is 280 g/mol. The first-order valence-corrected chi connectivity index (χ1v) is 6.41. The maximum Gasteiger partial charge on any atom is 0.253 e. The Morgan fingerprint density at radius 1 is 1.37 bits per heavy atom. The summed E-state index contributed by atoms with van der Waals surface area (Å²) in [5.41, 5.74) is 3.45. The van der Waals surface area contributed by atoms with Crippen LogP contribution in [0, 0.1) is 0 Å². The van der Waals surface area contributed by atoms with Gasteiger partial charge in [0.25, 0.3) is 5.91 Å². The van der Waals surface area contributed by atoms with E-state index in [0.717, 1.165) is 31.5 Å². The molecule has 0 saturated heterocycles. The molecule has 1 aliphatic rings. The van der Waals surface area contributed by atoms with Crippen molar-refractivity contribution in [2.24, 2.45) is 0 Å². The van der Waals surface area contributed by atoms with Gasteiger partial charge in [-0.1, -0.05) is 12.1 Å². The molecular formula is C15H21ClN2O. The lowest BCUT2D eigenvalue weighted by Crippen LogP contribution is -2.26. The van der Waals surface area contributed by atoms with Crippen LogP contribution in [0.5, 0.6) is 0 Å². The number of nitrogens with zero attached hydrogens (tertiary/aromatic N) is 1. The minimum atomic E-state index is 0.